The van der Waals surface area contributed by atoms with Gasteiger partial charge in [-0.05, 0) is 68.5 Å². The zero-order valence-electron chi connectivity index (χ0n) is 16.9. The number of benzene rings is 1. The second kappa shape index (κ2) is 7.20. The largest absolute Gasteiger partial charge is 0.369 e. The van der Waals surface area contributed by atoms with Crippen molar-refractivity contribution in [2.45, 2.75) is 39.2 Å². The lowest BCUT2D eigenvalue weighted by atomic mass is 9.57. The van der Waals surface area contributed by atoms with E-state index in [2.05, 4.69) is 20.5 Å². The number of likely N-dealkylation sites (tertiary alicyclic amines) is 1. The van der Waals surface area contributed by atoms with Crippen LogP contribution >= 0.6 is 11.6 Å². The highest BCUT2D eigenvalue weighted by atomic mass is 35.5. The van der Waals surface area contributed by atoms with E-state index in [1.807, 2.05) is 51.2 Å². The highest BCUT2D eigenvalue weighted by molar-refractivity contribution is 6.31. The maximum absolute atomic E-state index is 12.1. The van der Waals surface area contributed by atoms with Crippen LogP contribution in [0.4, 0.5) is 5.82 Å². The lowest BCUT2D eigenvalue weighted by molar-refractivity contribution is -0.133. The lowest BCUT2D eigenvalue weighted by Crippen LogP contribution is -2.64. The third-order valence-electron chi connectivity index (χ3n) is 5.73. The molecule has 150 valence electrons. The summed E-state index contributed by atoms with van der Waals surface area (Å²) >= 11 is 6.15. The fourth-order valence-electron chi connectivity index (χ4n) is 4.76. The molecule has 2 fully saturated rings. The fraction of sp³-hybridized carbons (Fsp3) is 0.545. The number of aromatic nitrogens is 1. The van der Waals surface area contributed by atoms with E-state index >= 15 is 0 Å². The zero-order valence-corrected chi connectivity index (χ0v) is 17.6. The van der Waals surface area contributed by atoms with Gasteiger partial charge in [-0.3, -0.25) is 9.69 Å². The second-order valence-electron chi connectivity index (χ2n) is 9.62. The Morgan fingerprint density at radius 3 is 2.75 bits per heavy atom. The van der Waals surface area contributed by atoms with Gasteiger partial charge in [-0.15, -0.1) is 0 Å². The van der Waals surface area contributed by atoms with Gasteiger partial charge in [0.15, 0.2) is 0 Å². The number of pyridine rings is 1. The van der Waals surface area contributed by atoms with Gasteiger partial charge in [0, 0.05) is 41.8 Å². The predicted molar refractivity (Wildman–Crippen MR) is 115 cm³/mol. The number of hydrogen-bond donors (Lipinski definition) is 2. The van der Waals surface area contributed by atoms with Gasteiger partial charge >= 0.3 is 0 Å². The van der Waals surface area contributed by atoms with Crippen LogP contribution in [-0.4, -0.2) is 47.5 Å². The van der Waals surface area contributed by atoms with Crippen molar-refractivity contribution in [3.05, 3.63) is 35.5 Å². The van der Waals surface area contributed by atoms with E-state index in [0.717, 1.165) is 41.2 Å². The van der Waals surface area contributed by atoms with Crippen LogP contribution in [0, 0.1) is 11.3 Å². The Morgan fingerprint density at radius 1 is 1.29 bits per heavy atom. The smallest absolute Gasteiger partial charge is 0.234 e. The number of fused-ring (bicyclic) bond motifs is 1. The first-order chi connectivity index (χ1) is 13.2. The van der Waals surface area contributed by atoms with Gasteiger partial charge in [0.25, 0.3) is 0 Å². The molecule has 1 saturated heterocycles. The standard InChI is InChI=1S/C22H29ClN4O/c1-21(2,3)26-19(28)12-27-13-22(14-27)9-15(10-22)11-25-20-18-8-17(23)5-4-16(18)6-7-24-20/h4-8,15H,9-14H2,1-3H3,(H,24,25)(H,26,28). The lowest BCUT2D eigenvalue weighted by Gasteiger charge is -2.59. The molecule has 0 atom stereocenters. The molecule has 1 aromatic carbocycles. The minimum atomic E-state index is -0.160. The van der Waals surface area contributed by atoms with Crippen LogP contribution in [0.2, 0.25) is 5.02 Å². The molecule has 1 spiro atoms. The first-order valence-corrected chi connectivity index (χ1v) is 10.4. The average Bonchev–Trinajstić information content (AvgIpc) is 2.53. The highest BCUT2D eigenvalue weighted by Gasteiger charge is 2.52. The van der Waals surface area contributed by atoms with Crippen molar-refractivity contribution in [1.29, 1.82) is 0 Å². The summed E-state index contributed by atoms with van der Waals surface area (Å²) in [5.41, 5.74) is 0.274. The van der Waals surface area contributed by atoms with Crippen LogP contribution in [0.3, 0.4) is 0 Å². The third kappa shape index (κ3) is 4.26. The summed E-state index contributed by atoms with van der Waals surface area (Å²) in [6.45, 7) is 9.60. The summed E-state index contributed by atoms with van der Waals surface area (Å²) in [5.74, 6) is 1.71. The molecular formula is C22H29ClN4O. The van der Waals surface area contributed by atoms with Crippen LogP contribution in [0.25, 0.3) is 10.8 Å². The number of nitrogens with one attached hydrogen (secondary N) is 2. The summed E-state index contributed by atoms with van der Waals surface area (Å²) in [5, 5.41) is 9.52. The predicted octanol–water partition coefficient (Wildman–Crippen LogP) is 3.93. The topological polar surface area (TPSA) is 57.3 Å². The summed E-state index contributed by atoms with van der Waals surface area (Å²) in [7, 11) is 0. The molecule has 2 heterocycles. The van der Waals surface area contributed by atoms with Crippen LogP contribution in [0.1, 0.15) is 33.6 Å². The molecule has 2 N–H and O–H groups in total. The summed E-state index contributed by atoms with van der Waals surface area (Å²) < 4.78 is 0. The average molecular weight is 401 g/mol. The number of carbonyl (C=O) groups excluding carboxylic acids is 1. The maximum Gasteiger partial charge on any atom is 0.234 e. The zero-order chi connectivity index (χ0) is 19.9. The van der Waals surface area contributed by atoms with Crippen molar-refractivity contribution in [3.63, 3.8) is 0 Å². The van der Waals surface area contributed by atoms with Gasteiger partial charge in [0.1, 0.15) is 5.82 Å². The Labute approximate surface area is 171 Å². The minimum absolute atomic E-state index is 0.126. The molecule has 0 radical (unpaired) electrons. The summed E-state index contributed by atoms with van der Waals surface area (Å²) in [4.78, 5) is 18.8. The van der Waals surface area contributed by atoms with E-state index in [-0.39, 0.29) is 11.4 Å². The molecule has 5 nitrogen and oxygen atoms in total. The molecule has 0 unspecified atom stereocenters. The highest BCUT2D eigenvalue weighted by Crippen LogP contribution is 2.51. The van der Waals surface area contributed by atoms with Gasteiger partial charge < -0.3 is 10.6 Å². The third-order valence-corrected chi connectivity index (χ3v) is 5.96. The Morgan fingerprint density at radius 2 is 2.04 bits per heavy atom. The van der Waals surface area contributed by atoms with E-state index in [9.17, 15) is 4.79 Å². The van der Waals surface area contributed by atoms with Crippen molar-refractivity contribution in [1.82, 2.24) is 15.2 Å². The molecule has 1 aliphatic heterocycles. The number of anilines is 1. The molecule has 1 aliphatic carbocycles. The van der Waals surface area contributed by atoms with Crippen molar-refractivity contribution in [2.75, 3.05) is 31.5 Å². The summed E-state index contributed by atoms with van der Waals surface area (Å²) in [6, 6.07) is 7.92. The van der Waals surface area contributed by atoms with E-state index < -0.39 is 0 Å². The Kier molecular flexibility index (Phi) is 5.00. The molecular weight excluding hydrogens is 372 g/mol. The first kappa shape index (κ1) is 19.5. The fourth-order valence-corrected chi connectivity index (χ4v) is 4.94. The Bertz CT molecular complexity index is 878. The monoisotopic (exact) mass is 400 g/mol. The van der Waals surface area contributed by atoms with Crippen LogP contribution < -0.4 is 10.6 Å². The molecule has 2 aromatic rings. The van der Waals surface area contributed by atoms with E-state index in [0.29, 0.717) is 17.9 Å². The van der Waals surface area contributed by atoms with Gasteiger partial charge in [0.2, 0.25) is 5.91 Å². The van der Waals surface area contributed by atoms with Crippen LogP contribution in [0.5, 0.6) is 0 Å². The van der Waals surface area contributed by atoms with Crippen molar-refractivity contribution in [2.24, 2.45) is 11.3 Å². The molecule has 1 amide bonds. The van der Waals surface area contributed by atoms with Crippen molar-refractivity contribution < 1.29 is 4.79 Å². The van der Waals surface area contributed by atoms with Gasteiger partial charge in [-0.25, -0.2) is 4.98 Å². The number of nitrogens with zero attached hydrogens (tertiary/aromatic N) is 2. The molecule has 2 aliphatic rings. The SMILES string of the molecule is CC(C)(C)NC(=O)CN1CC2(CC(CNc3nccc4ccc(Cl)cc34)C2)C1. The van der Waals surface area contributed by atoms with E-state index in [1.165, 1.54) is 12.8 Å². The number of carbonyl (C=O) groups is 1. The molecule has 28 heavy (non-hydrogen) atoms. The number of rotatable bonds is 5. The number of hydrogen-bond acceptors (Lipinski definition) is 4. The van der Waals surface area contributed by atoms with Crippen molar-refractivity contribution >= 4 is 34.1 Å². The molecule has 6 heteroatoms. The molecule has 1 saturated carbocycles. The summed E-state index contributed by atoms with van der Waals surface area (Å²) in [6.07, 6.45) is 4.29. The second-order valence-corrected chi connectivity index (χ2v) is 10.1. The van der Waals surface area contributed by atoms with Gasteiger partial charge in [-0.2, -0.15) is 0 Å². The Hall–Kier alpha value is -1.85. The number of halogens is 1. The minimum Gasteiger partial charge on any atom is -0.369 e. The van der Waals surface area contributed by atoms with E-state index in [4.69, 9.17) is 11.6 Å². The van der Waals surface area contributed by atoms with E-state index in [1.54, 1.807) is 0 Å². The molecule has 0 bridgehead atoms. The van der Waals surface area contributed by atoms with Crippen LogP contribution in [-0.2, 0) is 4.79 Å². The van der Waals surface area contributed by atoms with Crippen LogP contribution in [0.15, 0.2) is 30.5 Å². The van der Waals surface area contributed by atoms with Gasteiger partial charge in [-0.1, -0.05) is 17.7 Å². The quantitative estimate of drug-likeness (QED) is 0.798. The van der Waals surface area contributed by atoms with Gasteiger partial charge in [0.05, 0.1) is 6.54 Å². The first-order valence-electron chi connectivity index (χ1n) is 10.0. The normalized spacial score (nSPS) is 19.3. The molecule has 1 aromatic heterocycles. The van der Waals surface area contributed by atoms with Crippen molar-refractivity contribution in [3.8, 4) is 0 Å². The molecule has 4 rings (SSSR count). The maximum atomic E-state index is 12.1. The number of amides is 1. The Balaban J connectivity index is 1.23.